The molecule has 1 aliphatic carbocycles. The summed E-state index contributed by atoms with van der Waals surface area (Å²) in [6, 6.07) is 5.94. The molecule has 0 saturated heterocycles. The highest BCUT2D eigenvalue weighted by Crippen LogP contribution is 2.26. The van der Waals surface area contributed by atoms with Crippen LogP contribution in [0.4, 0.5) is 0 Å². The summed E-state index contributed by atoms with van der Waals surface area (Å²) >= 11 is 0. The number of hydrogen-bond donors (Lipinski definition) is 1. The first-order valence-corrected chi connectivity index (χ1v) is 4.90. The van der Waals surface area contributed by atoms with E-state index < -0.39 is 0 Å². The van der Waals surface area contributed by atoms with Crippen molar-refractivity contribution >= 4 is 17.7 Å². The van der Waals surface area contributed by atoms with Gasteiger partial charge in [0.25, 0.3) is 0 Å². The summed E-state index contributed by atoms with van der Waals surface area (Å²) in [6.45, 7) is 6.00. The molecule has 3 rings (SSSR count). The molecule has 0 saturated carbocycles. The molecule has 15 heavy (non-hydrogen) atoms. The predicted molar refractivity (Wildman–Crippen MR) is 60.4 cm³/mol. The fourth-order valence-electron chi connectivity index (χ4n) is 2.04. The third-order valence-electron chi connectivity index (χ3n) is 2.71. The highest BCUT2D eigenvalue weighted by Gasteiger charge is 2.16. The Balaban J connectivity index is 2.27. The van der Waals surface area contributed by atoms with E-state index in [-0.39, 0.29) is 0 Å². The van der Waals surface area contributed by atoms with Crippen LogP contribution in [0.5, 0.6) is 0 Å². The topological polar surface area (TPSA) is 28.9 Å². The summed E-state index contributed by atoms with van der Waals surface area (Å²) in [5.74, 6) is 0.909. The van der Waals surface area contributed by atoms with Gasteiger partial charge in [-0.3, -0.25) is 0 Å². The minimum Gasteiger partial charge on any atom is -0.464 e. The molecule has 0 fully saturated rings. The van der Waals surface area contributed by atoms with E-state index in [0.29, 0.717) is 0 Å². The van der Waals surface area contributed by atoms with Crippen LogP contribution < -0.4 is 10.7 Å². The summed E-state index contributed by atoms with van der Waals surface area (Å²) in [7, 11) is 0. The molecule has 0 aromatic carbocycles. The van der Waals surface area contributed by atoms with Gasteiger partial charge in [0, 0.05) is 21.8 Å². The average molecular weight is 197 g/mol. The number of aromatic amines is 1. The molecule has 1 N–H and O–H groups in total. The van der Waals surface area contributed by atoms with Gasteiger partial charge < -0.3 is 9.40 Å². The maximum absolute atomic E-state index is 5.42. The lowest BCUT2D eigenvalue weighted by atomic mass is 10.1. The third-order valence-corrected chi connectivity index (χ3v) is 2.71. The van der Waals surface area contributed by atoms with Gasteiger partial charge in [0.15, 0.2) is 0 Å². The molecular formula is C13H11NO. The molecule has 0 amide bonds. The SMILES string of the molecule is C=c1cc2c([nH]1)=C(C)C=C2c1ccco1. The van der Waals surface area contributed by atoms with Gasteiger partial charge in [0.1, 0.15) is 5.76 Å². The van der Waals surface area contributed by atoms with Crippen molar-refractivity contribution in [1.82, 2.24) is 4.98 Å². The average Bonchev–Trinajstić information content (AvgIpc) is 2.85. The lowest BCUT2D eigenvalue weighted by molar-refractivity contribution is 0.554. The zero-order chi connectivity index (χ0) is 10.4. The number of allylic oxidation sites excluding steroid dienone is 1. The van der Waals surface area contributed by atoms with Crippen LogP contribution in [-0.2, 0) is 0 Å². The van der Waals surface area contributed by atoms with Gasteiger partial charge in [0.2, 0.25) is 0 Å². The molecule has 1 aliphatic rings. The van der Waals surface area contributed by atoms with Crippen molar-refractivity contribution < 1.29 is 4.42 Å². The van der Waals surface area contributed by atoms with E-state index in [9.17, 15) is 0 Å². The van der Waals surface area contributed by atoms with Crippen LogP contribution in [0, 0.1) is 0 Å². The second-order valence-corrected chi connectivity index (χ2v) is 3.80. The maximum Gasteiger partial charge on any atom is 0.134 e. The quantitative estimate of drug-likeness (QED) is 0.739. The van der Waals surface area contributed by atoms with Crippen molar-refractivity contribution in [3.05, 3.63) is 52.6 Å². The number of fused-ring (bicyclic) bond motifs is 1. The normalized spacial score (nSPS) is 14.2. The lowest BCUT2D eigenvalue weighted by Gasteiger charge is -1.96. The first kappa shape index (κ1) is 8.36. The van der Waals surface area contributed by atoms with Crippen molar-refractivity contribution in [2.45, 2.75) is 6.92 Å². The van der Waals surface area contributed by atoms with Gasteiger partial charge in [-0.25, -0.2) is 0 Å². The van der Waals surface area contributed by atoms with Gasteiger partial charge in [-0.15, -0.1) is 0 Å². The Bertz CT molecular complexity index is 641. The van der Waals surface area contributed by atoms with E-state index in [1.54, 1.807) is 6.26 Å². The molecule has 74 valence electrons. The summed E-state index contributed by atoms with van der Waals surface area (Å²) in [5.41, 5.74) is 3.55. The number of rotatable bonds is 1. The monoisotopic (exact) mass is 197 g/mol. The summed E-state index contributed by atoms with van der Waals surface area (Å²) in [6.07, 6.45) is 3.83. The molecule has 2 heterocycles. The fraction of sp³-hybridized carbons (Fsp3) is 0.0769. The summed E-state index contributed by atoms with van der Waals surface area (Å²) < 4.78 is 5.42. The number of hydrogen-bond acceptors (Lipinski definition) is 1. The van der Waals surface area contributed by atoms with Crippen LogP contribution in [-0.4, -0.2) is 4.98 Å². The third kappa shape index (κ3) is 1.11. The van der Waals surface area contributed by atoms with Crippen LogP contribution in [0.3, 0.4) is 0 Å². The van der Waals surface area contributed by atoms with Gasteiger partial charge in [-0.2, -0.15) is 0 Å². The zero-order valence-corrected chi connectivity index (χ0v) is 8.50. The Morgan fingerprint density at radius 1 is 1.40 bits per heavy atom. The number of furan rings is 1. The van der Waals surface area contributed by atoms with Crippen molar-refractivity contribution in [2.75, 3.05) is 0 Å². The first-order valence-electron chi connectivity index (χ1n) is 4.90. The number of nitrogens with one attached hydrogen (secondary N) is 1. The van der Waals surface area contributed by atoms with E-state index in [4.69, 9.17) is 4.42 Å². The Kier molecular flexibility index (Phi) is 1.54. The van der Waals surface area contributed by atoms with Gasteiger partial charge >= 0.3 is 0 Å². The number of aromatic nitrogens is 1. The van der Waals surface area contributed by atoms with E-state index in [2.05, 4.69) is 30.6 Å². The smallest absolute Gasteiger partial charge is 0.134 e. The molecule has 0 atom stereocenters. The van der Waals surface area contributed by atoms with Crippen molar-refractivity contribution in [1.29, 1.82) is 0 Å². The number of H-pyrrole nitrogens is 1. The highest BCUT2D eigenvalue weighted by molar-refractivity contribution is 5.89. The second kappa shape index (κ2) is 2.76. The molecule has 2 heteroatoms. The lowest BCUT2D eigenvalue weighted by Crippen LogP contribution is -2.09. The molecule has 0 radical (unpaired) electrons. The van der Waals surface area contributed by atoms with Crippen LogP contribution >= 0.6 is 0 Å². The highest BCUT2D eigenvalue weighted by atomic mass is 16.3. The molecule has 2 nitrogen and oxygen atoms in total. The Labute approximate surface area is 87.2 Å². The van der Waals surface area contributed by atoms with Gasteiger partial charge in [-0.1, -0.05) is 6.58 Å². The Hall–Kier alpha value is -1.96. The second-order valence-electron chi connectivity index (χ2n) is 3.80. The van der Waals surface area contributed by atoms with E-state index in [1.165, 1.54) is 11.1 Å². The molecule has 2 aromatic heterocycles. The minimum atomic E-state index is 0.909. The van der Waals surface area contributed by atoms with Crippen LogP contribution in [0.15, 0.2) is 35.0 Å². The van der Waals surface area contributed by atoms with Gasteiger partial charge in [0.05, 0.1) is 6.26 Å². The maximum atomic E-state index is 5.42. The van der Waals surface area contributed by atoms with Crippen LogP contribution in [0.1, 0.15) is 18.2 Å². The minimum absolute atomic E-state index is 0.909. The van der Waals surface area contributed by atoms with Crippen molar-refractivity contribution in [2.24, 2.45) is 0 Å². The fourth-order valence-corrected chi connectivity index (χ4v) is 2.04. The van der Waals surface area contributed by atoms with E-state index in [0.717, 1.165) is 22.0 Å². The Morgan fingerprint density at radius 3 is 3.00 bits per heavy atom. The predicted octanol–water partition coefficient (Wildman–Crippen LogP) is 1.63. The molecule has 0 unspecified atom stereocenters. The zero-order valence-electron chi connectivity index (χ0n) is 8.50. The van der Waals surface area contributed by atoms with E-state index >= 15 is 0 Å². The van der Waals surface area contributed by atoms with E-state index in [1.807, 2.05) is 12.1 Å². The van der Waals surface area contributed by atoms with Crippen LogP contribution in [0.2, 0.25) is 0 Å². The summed E-state index contributed by atoms with van der Waals surface area (Å²) in [5, 5.41) is 2.10. The standard InChI is InChI=1S/C13H11NO/c1-8-6-10(12-4-3-5-15-12)11-7-9(2)14-13(8)11/h3-7,14H,2H2,1H3. The summed E-state index contributed by atoms with van der Waals surface area (Å²) in [4.78, 5) is 3.26. The molecule has 0 aliphatic heterocycles. The first-order chi connectivity index (χ1) is 7.25. The molecule has 2 aromatic rings. The van der Waals surface area contributed by atoms with Crippen molar-refractivity contribution in [3.63, 3.8) is 0 Å². The van der Waals surface area contributed by atoms with Crippen LogP contribution in [0.25, 0.3) is 17.7 Å². The largest absolute Gasteiger partial charge is 0.464 e. The van der Waals surface area contributed by atoms with Crippen molar-refractivity contribution in [3.8, 4) is 0 Å². The molecular weight excluding hydrogens is 186 g/mol. The molecule has 0 bridgehead atoms. The Morgan fingerprint density at radius 2 is 2.27 bits per heavy atom. The van der Waals surface area contributed by atoms with Gasteiger partial charge in [-0.05, 0) is 36.8 Å². The molecule has 0 spiro atoms.